The Balaban J connectivity index is 2.00. The number of hydrogen-bond donors (Lipinski definition) is 2. The predicted octanol–water partition coefficient (Wildman–Crippen LogP) is 3.19. The van der Waals surface area contributed by atoms with E-state index in [1.165, 1.54) is 0 Å². The maximum atomic E-state index is 11.4. The Labute approximate surface area is 125 Å². The molecule has 1 amide bonds. The third kappa shape index (κ3) is 7.97. The zero-order valence-electron chi connectivity index (χ0n) is 12.4. The number of unbranched alkanes of at least 4 members (excludes halogenated alkanes) is 2. The second-order valence-electron chi connectivity index (χ2n) is 5.08. The Morgan fingerprint density at radius 2 is 1.90 bits per heavy atom. The first kappa shape index (κ1) is 17.0. The van der Waals surface area contributed by atoms with E-state index in [9.17, 15) is 9.59 Å². The van der Waals surface area contributed by atoms with E-state index in [-0.39, 0.29) is 12.5 Å². The first-order valence-electron chi connectivity index (χ1n) is 7.27. The summed E-state index contributed by atoms with van der Waals surface area (Å²) in [6.45, 7) is 2.53. The van der Waals surface area contributed by atoms with Gasteiger partial charge in [0.25, 0.3) is 0 Å². The van der Waals surface area contributed by atoms with Crippen molar-refractivity contribution in [1.29, 1.82) is 0 Å². The molecule has 0 spiro atoms. The standard InChI is InChI=1S/C16H23NO4/c1-13(15(18)19)8-4-3-7-11-17-16(20)21-12-14-9-5-2-6-10-14/h2,5-6,9-10,13H,3-4,7-8,11-12H2,1H3,(H,17,20)(H,18,19). The molecule has 21 heavy (non-hydrogen) atoms. The lowest BCUT2D eigenvalue weighted by atomic mass is 10.0. The second kappa shape index (κ2) is 9.80. The van der Waals surface area contributed by atoms with E-state index in [4.69, 9.17) is 9.84 Å². The van der Waals surface area contributed by atoms with Crippen molar-refractivity contribution in [3.8, 4) is 0 Å². The topological polar surface area (TPSA) is 75.6 Å². The highest BCUT2D eigenvalue weighted by atomic mass is 16.5. The van der Waals surface area contributed by atoms with Crippen molar-refractivity contribution in [3.63, 3.8) is 0 Å². The summed E-state index contributed by atoms with van der Waals surface area (Å²) >= 11 is 0. The molecule has 0 aliphatic carbocycles. The Bertz CT molecular complexity index is 433. The van der Waals surface area contributed by atoms with E-state index in [0.717, 1.165) is 24.8 Å². The fraction of sp³-hybridized carbons (Fsp3) is 0.500. The smallest absolute Gasteiger partial charge is 0.407 e. The van der Waals surface area contributed by atoms with Crippen LogP contribution in [0.2, 0.25) is 0 Å². The summed E-state index contributed by atoms with van der Waals surface area (Å²) in [7, 11) is 0. The largest absolute Gasteiger partial charge is 0.481 e. The number of rotatable bonds is 9. The van der Waals surface area contributed by atoms with Gasteiger partial charge in [0.2, 0.25) is 0 Å². The number of carboxylic acid groups (broad SMARTS) is 1. The number of alkyl carbamates (subject to hydrolysis) is 1. The number of benzene rings is 1. The zero-order valence-corrected chi connectivity index (χ0v) is 12.4. The molecule has 1 rings (SSSR count). The lowest BCUT2D eigenvalue weighted by Crippen LogP contribution is -2.25. The maximum absolute atomic E-state index is 11.4. The van der Waals surface area contributed by atoms with E-state index in [2.05, 4.69) is 5.32 Å². The van der Waals surface area contributed by atoms with Gasteiger partial charge in [-0.3, -0.25) is 4.79 Å². The van der Waals surface area contributed by atoms with Crippen LogP contribution in [0, 0.1) is 5.92 Å². The van der Waals surface area contributed by atoms with Crippen LogP contribution in [0.4, 0.5) is 4.79 Å². The Morgan fingerprint density at radius 1 is 1.19 bits per heavy atom. The Kier molecular flexibility index (Phi) is 7.94. The number of carbonyl (C=O) groups excluding carboxylic acids is 1. The summed E-state index contributed by atoms with van der Waals surface area (Å²) in [4.78, 5) is 22.1. The predicted molar refractivity (Wildman–Crippen MR) is 79.9 cm³/mol. The van der Waals surface area contributed by atoms with Gasteiger partial charge in [0.05, 0.1) is 5.92 Å². The normalized spacial score (nSPS) is 11.7. The molecule has 5 heteroatoms. The first-order chi connectivity index (χ1) is 10.1. The van der Waals surface area contributed by atoms with E-state index in [1.807, 2.05) is 30.3 Å². The average molecular weight is 293 g/mol. The van der Waals surface area contributed by atoms with Gasteiger partial charge in [-0.1, -0.05) is 50.1 Å². The van der Waals surface area contributed by atoms with Gasteiger partial charge in [-0.05, 0) is 18.4 Å². The van der Waals surface area contributed by atoms with Crippen LogP contribution in [0.3, 0.4) is 0 Å². The van der Waals surface area contributed by atoms with Crippen molar-refractivity contribution in [3.05, 3.63) is 35.9 Å². The summed E-state index contributed by atoms with van der Waals surface area (Å²) < 4.78 is 5.08. The van der Waals surface area contributed by atoms with Crippen molar-refractivity contribution in [2.24, 2.45) is 5.92 Å². The molecule has 0 aliphatic rings. The van der Waals surface area contributed by atoms with Crippen LogP contribution in [-0.4, -0.2) is 23.7 Å². The minimum Gasteiger partial charge on any atom is -0.481 e. The highest BCUT2D eigenvalue weighted by Gasteiger charge is 2.09. The van der Waals surface area contributed by atoms with Crippen LogP contribution in [0.5, 0.6) is 0 Å². The summed E-state index contributed by atoms with van der Waals surface area (Å²) in [5.41, 5.74) is 0.954. The van der Waals surface area contributed by atoms with E-state index in [1.54, 1.807) is 6.92 Å². The number of amides is 1. The Morgan fingerprint density at radius 3 is 2.57 bits per heavy atom. The molecule has 116 valence electrons. The van der Waals surface area contributed by atoms with Crippen LogP contribution in [0.15, 0.2) is 30.3 Å². The van der Waals surface area contributed by atoms with Crippen molar-refractivity contribution >= 4 is 12.1 Å². The lowest BCUT2D eigenvalue weighted by molar-refractivity contribution is -0.141. The summed E-state index contributed by atoms with van der Waals surface area (Å²) in [6.07, 6.45) is 2.84. The van der Waals surface area contributed by atoms with Gasteiger partial charge in [-0.15, -0.1) is 0 Å². The molecular weight excluding hydrogens is 270 g/mol. The molecule has 0 saturated carbocycles. The molecule has 0 bridgehead atoms. The highest BCUT2D eigenvalue weighted by Crippen LogP contribution is 2.09. The number of aliphatic carboxylic acids is 1. The minimum atomic E-state index is -0.752. The number of carbonyl (C=O) groups is 2. The maximum Gasteiger partial charge on any atom is 0.407 e. The zero-order chi connectivity index (χ0) is 15.5. The van der Waals surface area contributed by atoms with E-state index >= 15 is 0 Å². The van der Waals surface area contributed by atoms with Crippen LogP contribution in [-0.2, 0) is 16.1 Å². The molecule has 1 aromatic rings. The number of nitrogens with one attached hydrogen (secondary N) is 1. The van der Waals surface area contributed by atoms with E-state index < -0.39 is 12.1 Å². The Hall–Kier alpha value is -2.04. The van der Waals surface area contributed by atoms with Gasteiger partial charge >= 0.3 is 12.1 Å². The van der Waals surface area contributed by atoms with Crippen LogP contribution in [0.1, 0.15) is 38.2 Å². The third-order valence-electron chi connectivity index (χ3n) is 3.22. The van der Waals surface area contributed by atoms with E-state index in [0.29, 0.717) is 13.0 Å². The quantitative estimate of drug-likeness (QED) is 0.686. The van der Waals surface area contributed by atoms with Gasteiger partial charge in [-0.2, -0.15) is 0 Å². The fourth-order valence-electron chi connectivity index (χ4n) is 1.84. The fourth-order valence-corrected chi connectivity index (χ4v) is 1.84. The second-order valence-corrected chi connectivity index (χ2v) is 5.08. The van der Waals surface area contributed by atoms with Gasteiger partial charge in [0.15, 0.2) is 0 Å². The first-order valence-corrected chi connectivity index (χ1v) is 7.27. The molecule has 1 unspecified atom stereocenters. The number of ether oxygens (including phenoxy) is 1. The van der Waals surface area contributed by atoms with Crippen molar-refractivity contribution in [2.45, 2.75) is 39.2 Å². The molecule has 0 saturated heterocycles. The number of carboxylic acids is 1. The third-order valence-corrected chi connectivity index (χ3v) is 3.22. The van der Waals surface area contributed by atoms with Crippen molar-refractivity contribution in [2.75, 3.05) is 6.54 Å². The molecule has 0 fully saturated rings. The van der Waals surface area contributed by atoms with Gasteiger partial charge in [-0.25, -0.2) is 4.79 Å². The molecule has 5 nitrogen and oxygen atoms in total. The summed E-state index contributed by atoms with van der Waals surface area (Å²) in [5.74, 6) is -1.05. The van der Waals surface area contributed by atoms with Crippen molar-refractivity contribution < 1.29 is 19.4 Å². The minimum absolute atomic E-state index is 0.267. The summed E-state index contributed by atoms with van der Waals surface area (Å²) in [5, 5.41) is 11.4. The molecule has 2 N–H and O–H groups in total. The van der Waals surface area contributed by atoms with Gasteiger partial charge in [0.1, 0.15) is 6.61 Å². The molecule has 0 heterocycles. The SMILES string of the molecule is CC(CCCCCNC(=O)OCc1ccccc1)C(=O)O. The summed E-state index contributed by atoms with van der Waals surface area (Å²) in [6, 6.07) is 9.51. The number of hydrogen-bond acceptors (Lipinski definition) is 3. The molecule has 1 atom stereocenters. The monoisotopic (exact) mass is 293 g/mol. The highest BCUT2D eigenvalue weighted by molar-refractivity contribution is 5.69. The molecule has 1 aromatic carbocycles. The van der Waals surface area contributed by atoms with Crippen molar-refractivity contribution in [1.82, 2.24) is 5.32 Å². The van der Waals surface area contributed by atoms with Crippen LogP contribution in [0.25, 0.3) is 0 Å². The average Bonchev–Trinajstić information content (AvgIpc) is 2.49. The molecule has 0 radical (unpaired) electrons. The molecule has 0 aromatic heterocycles. The van der Waals surface area contributed by atoms with Gasteiger partial charge < -0.3 is 15.2 Å². The molecule has 0 aliphatic heterocycles. The lowest BCUT2D eigenvalue weighted by Gasteiger charge is -2.08. The van der Waals surface area contributed by atoms with Crippen LogP contribution >= 0.6 is 0 Å². The molecular formula is C16H23NO4. The van der Waals surface area contributed by atoms with Crippen LogP contribution < -0.4 is 5.32 Å². The van der Waals surface area contributed by atoms with Gasteiger partial charge in [0, 0.05) is 6.54 Å².